The molecule has 0 unspecified atom stereocenters. The Morgan fingerprint density at radius 2 is 1.81 bits per heavy atom. The molecule has 31 heavy (non-hydrogen) atoms. The van der Waals surface area contributed by atoms with Crippen LogP contribution in [0.4, 0.5) is 5.82 Å². The second-order valence-corrected chi connectivity index (χ2v) is 8.58. The van der Waals surface area contributed by atoms with Gasteiger partial charge in [0.05, 0.1) is 0 Å². The van der Waals surface area contributed by atoms with Gasteiger partial charge in [0.25, 0.3) is 0 Å². The lowest BCUT2D eigenvalue weighted by atomic mass is 10.2. The van der Waals surface area contributed by atoms with Crippen LogP contribution in [0.1, 0.15) is 46.6 Å². The maximum Gasteiger partial charge on any atom is 0.191 e. The van der Waals surface area contributed by atoms with Crippen LogP contribution in [0.2, 0.25) is 0 Å². The molecule has 2 rings (SSSR count). The highest BCUT2D eigenvalue weighted by Crippen LogP contribution is 2.15. The standard InChI is InChI=1S/C23H43N7.HI/c1-7-28-13-15-29(16-14-28)22-17-21(9-11-25-22)18-27-23(24-6)26-10-8-12-30(19(2)3)20(4)5;/h9,11,17,19-20H,7-8,10,12-16,18H2,1-6H3,(H2,24,26,27);1H. The van der Waals surface area contributed by atoms with E-state index in [1.807, 2.05) is 13.2 Å². The van der Waals surface area contributed by atoms with E-state index >= 15 is 0 Å². The highest BCUT2D eigenvalue weighted by molar-refractivity contribution is 14.0. The highest BCUT2D eigenvalue weighted by Gasteiger charge is 2.17. The van der Waals surface area contributed by atoms with Crippen LogP contribution in [0.15, 0.2) is 23.3 Å². The van der Waals surface area contributed by atoms with Crippen LogP contribution in [0.25, 0.3) is 0 Å². The second-order valence-electron chi connectivity index (χ2n) is 8.58. The van der Waals surface area contributed by atoms with Gasteiger partial charge in [-0.15, -0.1) is 24.0 Å². The average Bonchev–Trinajstić information content (AvgIpc) is 2.75. The predicted molar refractivity (Wildman–Crippen MR) is 144 cm³/mol. The van der Waals surface area contributed by atoms with Crippen molar-refractivity contribution < 1.29 is 0 Å². The van der Waals surface area contributed by atoms with E-state index in [1.54, 1.807) is 0 Å². The number of nitrogens with one attached hydrogen (secondary N) is 2. The first-order valence-electron chi connectivity index (χ1n) is 11.6. The van der Waals surface area contributed by atoms with E-state index in [0.717, 1.165) is 70.6 Å². The highest BCUT2D eigenvalue weighted by atomic mass is 127. The Bertz CT molecular complexity index is 635. The van der Waals surface area contributed by atoms with Crippen molar-refractivity contribution >= 4 is 35.8 Å². The Hall–Kier alpha value is -1.13. The van der Waals surface area contributed by atoms with Crippen LogP contribution in [-0.2, 0) is 6.54 Å². The number of anilines is 1. The maximum atomic E-state index is 4.60. The van der Waals surface area contributed by atoms with Crippen molar-refractivity contribution in [3.8, 4) is 0 Å². The van der Waals surface area contributed by atoms with Crippen LogP contribution < -0.4 is 15.5 Å². The molecule has 0 saturated carbocycles. The summed E-state index contributed by atoms with van der Waals surface area (Å²) in [5.41, 5.74) is 1.23. The molecule has 2 N–H and O–H groups in total. The van der Waals surface area contributed by atoms with Crippen molar-refractivity contribution in [1.29, 1.82) is 0 Å². The summed E-state index contributed by atoms with van der Waals surface area (Å²) in [5, 5.41) is 6.88. The zero-order chi connectivity index (χ0) is 21.9. The largest absolute Gasteiger partial charge is 0.356 e. The molecule has 8 heteroatoms. The van der Waals surface area contributed by atoms with Gasteiger partial charge in [-0.05, 0) is 58.4 Å². The van der Waals surface area contributed by atoms with Gasteiger partial charge in [-0.2, -0.15) is 0 Å². The first kappa shape index (κ1) is 27.9. The van der Waals surface area contributed by atoms with E-state index in [9.17, 15) is 0 Å². The van der Waals surface area contributed by atoms with Crippen LogP contribution in [0.3, 0.4) is 0 Å². The van der Waals surface area contributed by atoms with Crippen LogP contribution >= 0.6 is 24.0 Å². The van der Waals surface area contributed by atoms with Crippen molar-refractivity contribution in [3.05, 3.63) is 23.9 Å². The number of hydrogen-bond donors (Lipinski definition) is 2. The number of aliphatic imine (C=N–C) groups is 1. The summed E-state index contributed by atoms with van der Waals surface area (Å²) in [4.78, 5) is 16.4. The molecule has 1 aliphatic rings. The lowest BCUT2D eigenvalue weighted by molar-refractivity contribution is 0.173. The van der Waals surface area contributed by atoms with Crippen LogP contribution in [0, 0.1) is 0 Å². The van der Waals surface area contributed by atoms with E-state index in [2.05, 4.69) is 82.1 Å². The van der Waals surface area contributed by atoms with E-state index < -0.39 is 0 Å². The lowest BCUT2D eigenvalue weighted by Crippen LogP contribution is -2.46. The molecule has 0 aromatic carbocycles. The summed E-state index contributed by atoms with van der Waals surface area (Å²) in [6, 6.07) is 5.43. The van der Waals surface area contributed by atoms with E-state index in [4.69, 9.17) is 0 Å². The number of nitrogens with zero attached hydrogens (tertiary/aromatic N) is 5. The lowest BCUT2D eigenvalue weighted by Gasteiger charge is -2.34. The molecule has 2 heterocycles. The summed E-state index contributed by atoms with van der Waals surface area (Å²) in [6.45, 7) is 19.5. The number of piperazine rings is 1. The molecule has 0 bridgehead atoms. The summed E-state index contributed by atoms with van der Waals surface area (Å²) in [5.74, 6) is 1.93. The molecule has 1 aromatic heterocycles. The smallest absolute Gasteiger partial charge is 0.191 e. The van der Waals surface area contributed by atoms with Crippen LogP contribution in [0.5, 0.6) is 0 Å². The molecule has 0 radical (unpaired) electrons. The van der Waals surface area contributed by atoms with E-state index in [1.165, 1.54) is 5.56 Å². The molecule has 1 aromatic rings. The monoisotopic (exact) mass is 545 g/mol. The topological polar surface area (TPSA) is 59.0 Å². The van der Waals surface area contributed by atoms with Crippen molar-refractivity contribution in [3.63, 3.8) is 0 Å². The van der Waals surface area contributed by atoms with Crippen LogP contribution in [-0.4, -0.2) is 85.7 Å². The minimum absolute atomic E-state index is 0. The van der Waals surface area contributed by atoms with Crippen molar-refractivity contribution in [1.82, 2.24) is 25.4 Å². The van der Waals surface area contributed by atoms with E-state index in [-0.39, 0.29) is 24.0 Å². The number of pyridine rings is 1. The van der Waals surface area contributed by atoms with Gasteiger partial charge in [0.15, 0.2) is 5.96 Å². The Balaban J connectivity index is 0.00000480. The third-order valence-corrected chi connectivity index (χ3v) is 5.85. The summed E-state index contributed by atoms with van der Waals surface area (Å²) in [7, 11) is 1.83. The molecular formula is C23H44IN7. The molecule has 0 amide bonds. The zero-order valence-electron chi connectivity index (χ0n) is 20.4. The molecule has 7 nitrogen and oxygen atoms in total. The Morgan fingerprint density at radius 3 is 2.39 bits per heavy atom. The summed E-state index contributed by atoms with van der Waals surface area (Å²) < 4.78 is 0. The second kappa shape index (κ2) is 14.8. The van der Waals surface area contributed by atoms with Gasteiger partial charge < -0.3 is 20.4 Å². The molecule has 1 aliphatic heterocycles. The number of guanidine groups is 1. The Labute approximate surface area is 207 Å². The molecule has 0 aliphatic carbocycles. The predicted octanol–water partition coefficient (Wildman–Crippen LogP) is 3.02. The average molecular weight is 546 g/mol. The van der Waals surface area contributed by atoms with Gasteiger partial charge in [-0.3, -0.25) is 9.89 Å². The minimum atomic E-state index is 0. The number of likely N-dealkylation sites (N-methyl/N-ethyl adjacent to an activating group) is 1. The van der Waals surface area contributed by atoms with Crippen molar-refractivity contribution in [2.24, 2.45) is 4.99 Å². The number of halogens is 1. The van der Waals surface area contributed by atoms with Gasteiger partial charge in [0.1, 0.15) is 5.82 Å². The van der Waals surface area contributed by atoms with Gasteiger partial charge >= 0.3 is 0 Å². The maximum absolute atomic E-state index is 4.60. The molecular weight excluding hydrogens is 501 g/mol. The third-order valence-electron chi connectivity index (χ3n) is 5.85. The van der Waals surface area contributed by atoms with Gasteiger partial charge in [-0.25, -0.2) is 4.98 Å². The number of rotatable bonds is 10. The van der Waals surface area contributed by atoms with E-state index in [0.29, 0.717) is 12.1 Å². The molecule has 0 atom stereocenters. The van der Waals surface area contributed by atoms with Gasteiger partial charge in [0.2, 0.25) is 0 Å². The molecule has 178 valence electrons. The van der Waals surface area contributed by atoms with Crippen molar-refractivity contribution in [2.75, 3.05) is 57.8 Å². The van der Waals surface area contributed by atoms with Gasteiger partial charge in [0, 0.05) is 71.1 Å². The fraction of sp³-hybridized carbons (Fsp3) is 0.739. The molecule has 0 spiro atoms. The fourth-order valence-corrected chi connectivity index (χ4v) is 4.02. The minimum Gasteiger partial charge on any atom is -0.356 e. The first-order chi connectivity index (χ1) is 14.4. The number of aromatic nitrogens is 1. The molecule has 1 fully saturated rings. The first-order valence-corrected chi connectivity index (χ1v) is 11.6. The quantitative estimate of drug-likeness (QED) is 0.204. The fourth-order valence-electron chi connectivity index (χ4n) is 4.02. The Kier molecular flexibility index (Phi) is 13.4. The summed E-state index contributed by atoms with van der Waals surface area (Å²) >= 11 is 0. The third kappa shape index (κ3) is 9.49. The zero-order valence-corrected chi connectivity index (χ0v) is 22.7. The summed E-state index contributed by atoms with van der Waals surface area (Å²) in [6.07, 6.45) is 3.02. The normalized spacial score (nSPS) is 15.5. The Morgan fingerprint density at radius 1 is 1.13 bits per heavy atom. The van der Waals surface area contributed by atoms with Crippen molar-refractivity contribution in [2.45, 2.75) is 59.7 Å². The molecule has 1 saturated heterocycles. The van der Waals surface area contributed by atoms with Gasteiger partial charge in [-0.1, -0.05) is 6.92 Å². The number of hydrogen-bond acceptors (Lipinski definition) is 5. The SMILES string of the molecule is CCN1CCN(c2cc(CNC(=NC)NCCCN(C(C)C)C(C)C)ccn2)CC1.I.